The number of hydrogen-bond donors (Lipinski definition) is 5. The molecule has 0 aliphatic carbocycles. The Morgan fingerprint density at radius 2 is 1.26 bits per heavy atom. The predicted octanol–water partition coefficient (Wildman–Crippen LogP) is -2.54. The van der Waals surface area contributed by atoms with Crippen LogP contribution in [0.1, 0.15) is 37.1 Å². The van der Waals surface area contributed by atoms with Gasteiger partial charge in [-0.3, -0.25) is 33.5 Å². The monoisotopic (exact) mass is 707 g/mol. The highest BCUT2D eigenvalue weighted by atomic mass is 32.2. The lowest BCUT2D eigenvalue weighted by molar-refractivity contribution is -0.206. The minimum absolute atomic E-state index is 0.0569. The van der Waals surface area contributed by atoms with Crippen molar-refractivity contribution in [2.45, 2.75) is 50.9 Å². The average molecular weight is 708 g/mol. The quantitative estimate of drug-likeness (QED) is 0.140. The number of rotatable bonds is 12. The molecule has 0 saturated carbocycles. The van der Waals surface area contributed by atoms with E-state index in [1.54, 1.807) is 28.0 Å². The molecule has 3 aliphatic heterocycles. The van der Waals surface area contributed by atoms with E-state index in [1.165, 1.54) is 0 Å². The van der Waals surface area contributed by atoms with Gasteiger partial charge in [0, 0.05) is 70.8 Å². The molecule has 47 heavy (non-hydrogen) atoms. The number of fused-ring (bicyclic) bond motifs is 10. The average Bonchev–Trinajstić information content (AvgIpc) is 2.96. The van der Waals surface area contributed by atoms with E-state index >= 15 is 0 Å². The normalized spacial score (nSPS) is 23.3. The van der Waals surface area contributed by atoms with Crippen molar-refractivity contribution in [3.8, 4) is 0 Å². The van der Waals surface area contributed by atoms with Crippen LogP contribution in [0.2, 0.25) is 0 Å². The molecule has 4 rings (SSSR count). The summed E-state index contributed by atoms with van der Waals surface area (Å²) < 4.78 is 61.7. The number of hydrogen-bond acceptors (Lipinski definition) is 15. The van der Waals surface area contributed by atoms with Gasteiger partial charge in [-0.05, 0) is 32.0 Å². The van der Waals surface area contributed by atoms with Crippen LogP contribution in [0.15, 0.2) is 18.2 Å². The van der Waals surface area contributed by atoms with Crippen molar-refractivity contribution in [1.29, 1.82) is 0 Å². The summed E-state index contributed by atoms with van der Waals surface area (Å²) in [6.07, 6.45) is -0.514. The molecule has 0 radical (unpaired) electrons. The van der Waals surface area contributed by atoms with Crippen LogP contribution in [0.4, 0.5) is 0 Å². The number of aromatic nitrogens is 1. The van der Waals surface area contributed by atoms with Gasteiger partial charge in [-0.1, -0.05) is 6.07 Å². The molecular weight excluding hydrogens is 666 g/mol. The molecule has 0 spiro atoms. The Bertz CT molecular complexity index is 1370. The highest BCUT2D eigenvalue weighted by Crippen LogP contribution is 2.18. The van der Waals surface area contributed by atoms with E-state index < -0.39 is 67.6 Å². The third-order valence-corrected chi connectivity index (χ3v) is 8.94. The Morgan fingerprint density at radius 3 is 1.66 bits per heavy atom. The summed E-state index contributed by atoms with van der Waals surface area (Å²) >= 11 is 0. The molecule has 1 aromatic rings. The second-order valence-electron chi connectivity index (χ2n) is 11.2. The topological polar surface area (TPSA) is 254 Å². The Balaban J connectivity index is 1.86. The van der Waals surface area contributed by atoms with Gasteiger partial charge in [0.1, 0.15) is 12.1 Å². The lowest BCUT2D eigenvalue weighted by atomic mass is 10.1. The van der Waals surface area contributed by atoms with Gasteiger partial charge in [0.25, 0.3) is 20.2 Å². The van der Waals surface area contributed by atoms with Crippen molar-refractivity contribution < 1.29 is 54.8 Å². The summed E-state index contributed by atoms with van der Waals surface area (Å²) in [4.78, 5) is 72.1. The minimum Gasteiger partial charge on any atom is -0.355 e. The highest BCUT2D eigenvalue weighted by Gasteiger charge is 2.33. The Labute approximate surface area is 272 Å². The van der Waals surface area contributed by atoms with Crippen molar-refractivity contribution in [2.75, 3.05) is 57.8 Å². The predicted molar refractivity (Wildman–Crippen MR) is 163 cm³/mol. The maximum absolute atomic E-state index is 13.4. The first kappa shape index (κ1) is 38.1. The molecule has 4 unspecified atom stereocenters. The summed E-state index contributed by atoms with van der Waals surface area (Å²) in [7, 11) is -6.69. The molecule has 4 heterocycles. The van der Waals surface area contributed by atoms with Crippen LogP contribution in [0.5, 0.6) is 0 Å². The van der Waals surface area contributed by atoms with Crippen LogP contribution in [-0.4, -0.2) is 139 Å². The third-order valence-electron chi connectivity index (χ3n) is 7.50. The van der Waals surface area contributed by atoms with Crippen LogP contribution >= 0.6 is 0 Å². The zero-order valence-corrected chi connectivity index (χ0v) is 27.5. The van der Waals surface area contributed by atoms with Gasteiger partial charge in [0.15, 0.2) is 0 Å². The smallest absolute Gasteiger partial charge is 0.345 e. The maximum atomic E-state index is 13.4. The van der Waals surface area contributed by atoms with Gasteiger partial charge in [-0.15, -0.1) is 0 Å². The number of pyridine rings is 1. The second-order valence-corrected chi connectivity index (χ2v) is 14.3. The fraction of sp³-hybridized carbons (Fsp3) is 0.654. The van der Waals surface area contributed by atoms with Crippen molar-refractivity contribution in [2.24, 2.45) is 0 Å². The van der Waals surface area contributed by atoms with Gasteiger partial charge in [0.2, 0.25) is 11.8 Å². The van der Waals surface area contributed by atoms with E-state index in [4.69, 9.17) is 23.8 Å². The van der Waals surface area contributed by atoms with Crippen LogP contribution in [0, 0.1) is 0 Å². The summed E-state index contributed by atoms with van der Waals surface area (Å²) in [6.45, 7) is 1.38. The van der Waals surface area contributed by atoms with Gasteiger partial charge in [-0.2, -0.15) is 16.8 Å². The summed E-state index contributed by atoms with van der Waals surface area (Å²) in [5.74, 6) is -4.20. The van der Waals surface area contributed by atoms with Gasteiger partial charge >= 0.3 is 11.9 Å². The fourth-order valence-corrected chi connectivity index (χ4v) is 5.73. The minimum atomic E-state index is -4.28. The Kier molecular flexibility index (Phi) is 14.4. The van der Waals surface area contributed by atoms with Crippen molar-refractivity contribution in [3.63, 3.8) is 0 Å². The molecular formula is C26H41N7O12S2. The molecule has 4 bridgehead atoms. The third kappa shape index (κ3) is 14.1. The first-order chi connectivity index (χ1) is 22.1. The number of nitrogens with zero attached hydrogens (tertiary/aromatic N) is 4. The van der Waals surface area contributed by atoms with Crippen LogP contribution in [-0.2, 0) is 62.2 Å². The fourth-order valence-electron chi connectivity index (χ4n) is 5.01. The molecule has 0 aromatic carbocycles. The maximum Gasteiger partial charge on any atom is 0.345 e. The summed E-state index contributed by atoms with van der Waals surface area (Å²) in [5.41, 5.74) is 3.15. The van der Waals surface area contributed by atoms with Crippen molar-refractivity contribution >= 4 is 44.0 Å². The van der Waals surface area contributed by atoms with E-state index in [2.05, 4.69) is 10.6 Å². The molecule has 4 atom stereocenters. The SMILES string of the molecule is CN1CCN2Cc3cccc(n3)CN(CC1)C(CCC(=O)NCCS(=O)(=O)O)C(=O)ONOC(=O)C2CCC(=O)NCCS(=O)(=O)O. The second kappa shape index (κ2) is 17.7. The van der Waals surface area contributed by atoms with Crippen molar-refractivity contribution in [1.82, 2.24) is 36.0 Å². The molecule has 1 aromatic heterocycles. The molecule has 21 heteroatoms. The zero-order valence-electron chi connectivity index (χ0n) is 25.9. The number of likely N-dealkylation sites (N-methyl/N-ethyl adjacent to an activating group) is 1. The van der Waals surface area contributed by atoms with E-state index in [1.807, 2.05) is 17.6 Å². The Hall–Kier alpha value is -3.31. The number of carbonyl (C=O) groups excluding carboxylic acids is 4. The number of carbonyl (C=O) groups is 4. The van der Waals surface area contributed by atoms with Gasteiger partial charge in [-0.25, -0.2) is 9.59 Å². The Morgan fingerprint density at radius 1 is 0.830 bits per heavy atom. The largest absolute Gasteiger partial charge is 0.355 e. The van der Waals surface area contributed by atoms with Crippen LogP contribution in [0.3, 0.4) is 0 Å². The molecule has 19 nitrogen and oxygen atoms in total. The van der Waals surface area contributed by atoms with Crippen LogP contribution in [0.25, 0.3) is 0 Å². The standard InChI is InChI=1S/C26H41N7O12S2/c1-31-11-13-32-17-19-3-2-4-20(29-19)18-33(14-12-31)22(6-8-24(35)28-10-16-47(41,42)43)26(37)45-30-44-25(36)21(32)5-7-23(34)27-9-15-46(38,39)40/h2-4,21-22,30H,5-18H2,1H3,(H,27,34)(H,28,35)(H,38,39,40)(H,41,42,43). The summed E-state index contributed by atoms with van der Waals surface area (Å²) in [5, 5.41) is 4.77. The molecule has 5 N–H and O–H groups in total. The number of amides is 2. The van der Waals surface area contributed by atoms with E-state index in [-0.39, 0.29) is 51.9 Å². The lowest BCUT2D eigenvalue weighted by Gasteiger charge is -2.35. The zero-order chi connectivity index (χ0) is 34.6. The molecule has 3 aliphatic rings. The van der Waals surface area contributed by atoms with E-state index in [9.17, 15) is 36.0 Å². The molecule has 2 amide bonds. The molecule has 1 saturated heterocycles. The van der Waals surface area contributed by atoms with E-state index in [0.29, 0.717) is 37.6 Å². The van der Waals surface area contributed by atoms with E-state index in [0.717, 1.165) is 0 Å². The number of nitrogens with one attached hydrogen (secondary N) is 3. The summed E-state index contributed by atoms with van der Waals surface area (Å²) in [6, 6.07) is 3.26. The van der Waals surface area contributed by atoms with Crippen LogP contribution < -0.4 is 16.3 Å². The highest BCUT2D eigenvalue weighted by molar-refractivity contribution is 7.86. The molecule has 264 valence electrons. The first-order valence-electron chi connectivity index (χ1n) is 14.8. The lowest BCUT2D eigenvalue weighted by Crippen LogP contribution is -2.51. The van der Waals surface area contributed by atoms with Gasteiger partial charge in [0.05, 0.1) is 22.9 Å². The molecule has 1 fully saturated rings. The van der Waals surface area contributed by atoms with Gasteiger partial charge < -0.3 is 25.2 Å². The first-order valence-corrected chi connectivity index (χ1v) is 18.0. The van der Waals surface area contributed by atoms with Crippen molar-refractivity contribution in [3.05, 3.63) is 29.6 Å².